The molecule has 80 heavy (non-hydrogen) atoms. The molecule has 6 nitrogen and oxygen atoms in total. The Morgan fingerprint density at radius 2 is 1.09 bits per heavy atom. The number of hydrogen-bond donors (Lipinski definition) is 0. The van der Waals surface area contributed by atoms with Crippen LogP contribution in [-0.2, 0) is 31.9 Å². The second-order valence-electron chi connectivity index (χ2n) is 23.7. The van der Waals surface area contributed by atoms with E-state index < -0.39 is 0 Å². The van der Waals surface area contributed by atoms with E-state index in [4.69, 9.17) is 9.72 Å². The summed E-state index contributed by atoms with van der Waals surface area (Å²) in [5.41, 5.74) is 17.9. The Labute approximate surface area is 481 Å². The average molecular weight is 1210 g/mol. The number of hydrogen-bond acceptors (Lipinski definition) is 4. The molecule has 0 amide bonds. The Bertz CT molecular complexity index is 4390. The van der Waals surface area contributed by atoms with Crippen molar-refractivity contribution in [2.45, 2.75) is 56.8 Å². The second-order valence-corrected chi connectivity index (χ2v) is 23.7. The van der Waals surface area contributed by atoms with Crippen molar-refractivity contribution in [2.75, 3.05) is 9.80 Å². The van der Waals surface area contributed by atoms with Crippen LogP contribution in [0, 0.1) is 42.5 Å². The maximum atomic E-state index is 6.82. The fourth-order valence-electron chi connectivity index (χ4n) is 16.2. The van der Waals surface area contributed by atoms with Gasteiger partial charge in [0.2, 0.25) is 0 Å². The molecule has 18 rings (SSSR count). The molecular weight excluding hydrogens is 1160 g/mol. The molecule has 0 atom stereocenters. The van der Waals surface area contributed by atoms with Gasteiger partial charge in [0.05, 0.1) is 11.0 Å². The van der Waals surface area contributed by atoms with E-state index in [0.29, 0.717) is 23.3 Å². The third-order valence-electron chi connectivity index (χ3n) is 19.3. The monoisotopic (exact) mass is 1210 g/mol. The van der Waals surface area contributed by atoms with E-state index in [2.05, 4.69) is 252 Å². The van der Waals surface area contributed by atoms with Gasteiger partial charge in [-0.3, -0.25) is 0 Å². The van der Waals surface area contributed by atoms with Crippen molar-refractivity contribution >= 4 is 66.4 Å². The molecule has 6 aliphatic rings. The van der Waals surface area contributed by atoms with Crippen LogP contribution in [0.3, 0.4) is 0 Å². The van der Waals surface area contributed by atoms with Crippen molar-refractivity contribution in [2.24, 2.45) is 23.7 Å². The minimum Gasteiger partial charge on any atom is -0.509 e. The van der Waals surface area contributed by atoms with Crippen LogP contribution < -0.4 is 14.5 Å². The van der Waals surface area contributed by atoms with Gasteiger partial charge in [0, 0.05) is 88.6 Å². The van der Waals surface area contributed by atoms with Crippen LogP contribution >= 0.6 is 0 Å². The van der Waals surface area contributed by atoms with Crippen LogP contribution in [0.25, 0.3) is 66.2 Å². The SMILES string of the molecule is CC1(C)c2ccccc2-c2ccc(N3[CH-]N(c4[c-]c(Oc5[c-]c6c(cc5)c5ccccc5n6-c5cc(C6(c7ccc(-n8c9ccccc9c9ccccc98)cc7)C7CC8CC(C7)CC6C8)ccn5)ccc4)c4ccccc43)cc21.[Pt]. The second kappa shape index (κ2) is 17.9. The molecule has 1 aliphatic heterocycles. The van der Waals surface area contributed by atoms with Crippen molar-refractivity contribution in [3.63, 3.8) is 0 Å². The number of ether oxygens (including phenoxy) is 1. The normalized spacial score (nSPS) is 21.1. The zero-order valence-corrected chi connectivity index (χ0v) is 46.9. The average Bonchev–Trinajstić information content (AvgIpc) is 4.35. The summed E-state index contributed by atoms with van der Waals surface area (Å²) in [6, 6.07) is 83.1. The minimum atomic E-state index is -0.128. The third-order valence-corrected chi connectivity index (χ3v) is 19.3. The van der Waals surface area contributed by atoms with E-state index in [-0.39, 0.29) is 31.9 Å². The van der Waals surface area contributed by atoms with Gasteiger partial charge in [-0.1, -0.05) is 129 Å². The zero-order valence-electron chi connectivity index (χ0n) is 44.6. The van der Waals surface area contributed by atoms with E-state index in [0.717, 1.165) is 62.2 Å². The molecule has 7 heteroatoms. The first-order chi connectivity index (χ1) is 38.9. The summed E-state index contributed by atoms with van der Waals surface area (Å²) >= 11 is 0. The van der Waals surface area contributed by atoms with E-state index >= 15 is 0 Å². The maximum Gasteiger partial charge on any atom is 0.135 e. The number of anilines is 4. The Balaban J connectivity index is 0.00000531. The maximum absolute atomic E-state index is 6.82. The number of fused-ring (bicyclic) bond motifs is 10. The summed E-state index contributed by atoms with van der Waals surface area (Å²) in [4.78, 5) is 9.77. The molecule has 0 N–H and O–H groups in total. The molecule has 4 heterocycles. The zero-order chi connectivity index (χ0) is 52.1. The number of para-hydroxylation sites is 5. The van der Waals surface area contributed by atoms with Gasteiger partial charge in [-0.2, -0.15) is 12.1 Å². The molecule has 4 saturated carbocycles. The van der Waals surface area contributed by atoms with E-state index in [1.807, 2.05) is 12.1 Å². The molecule has 4 fully saturated rings. The molecule has 9 aromatic carbocycles. The van der Waals surface area contributed by atoms with Crippen LogP contribution in [0.5, 0.6) is 11.5 Å². The molecule has 0 saturated heterocycles. The minimum absolute atomic E-state index is 0. The quantitative estimate of drug-likeness (QED) is 0.142. The topological polar surface area (TPSA) is 38.5 Å². The van der Waals surface area contributed by atoms with E-state index in [9.17, 15) is 0 Å². The predicted molar refractivity (Wildman–Crippen MR) is 320 cm³/mol. The Hall–Kier alpha value is -8.18. The van der Waals surface area contributed by atoms with Crippen molar-refractivity contribution in [1.29, 1.82) is 0 Å². The molecular formula is C73H56N5OPt-3. The summed E-state index contributed by atoms with van der Waals surface area (Å²) in [5, 5.41) is 4.85. The standard InChI is InChI=1S/C73H56N5O.Pt/c1-72(2)63-20-7-3-16-57(63)58-32-30-54(43-64(58)72)76-45-75(68-24-11-12-25-69(68)76)53-14-13-15-55(42-53)79-56-31-33-62-61-19-6-10-23-67(61)78(70(62)44-56)71-41-49(34-35-74-71)73(50-37-46-36-47(39-50)40-51(73)38-46)48-26-28-52(29-27-48)77-65-21-8-4-17-59(65)60-18-5-9-22-66(60)77;/h3-35,41,43,45-47,50-51H,36-40H2,1-2H3;/q-3;. The molecule has 0 radical (unpaired) electrons. The van der Waals surface area contributed by atoms with Gasteiger partial charge in [-0.25, -0.2) is 4.98 Å². The van der Waals surface area contributed by atoms with Gasteiger partial charge in [-0.15, -0.1) is 48.1 Å². The predicted octanol–water partition coefficient (Wildman–Crippen LogP) is 18.1. The summed E-state index contributed by atoms with van der Waals surface area (Å²) in [6.45, 7) is 6.86. The van der Waals surface area contributed by atoms with Crippen LogP contribution in [0.4, 0.5) is 22.7 Å². The smallest absolute Gasteiger partial charge is 0.135 e. The number of nitrogens with zero attached hydrogens (tertiary/aromatic N) is 5. The van der Waals surface area contributed by atoms with Crippen molar-refractivity contribution in [1.82, 2.24) is 14.1 Å². The van der Waals surface area contributed by atoms with Crippen LogP contribution in [0.15, 0.2) is 212 Å². The number of rotatable bonds is 8. The van der Waals surface area contributed by atoms with Crippen molar-refractivity contribution in [3.8, 4) is 34.1 Å². The molecule has 0 spiro atoms. The van der Waals surface area contributed by atoms with E-state index in [1.165, 1.54) is 93.0 Å². The van der Waals surface area contributed by atoms with Gasteiger partial charge in [0.25, 0.3) is 0 Å². The largest absolute Gasteiger partial charge is 0.509 e. The van der Waals surface area contributed by atoms with Gasteiger partial charge in [-0.05, 0) is 161 Å². The fourth-order valence-corrected chi connectivity index (χ4v) is 16.2. The van der Waals surface area contributed by atoms with E-state index in [1.54, 1.807) is 0 Å². The molecule has 4 bridgehead atoms. The Morgan fingerprint density at radius 3 is 1.81 bits per heavy atom. The summed E-state index contributed by atoms with van der Waals surface area (Å²) in [5.74, 6) is 4.91. The molecule has 3 aromatic heterocycles. The van der Waals surface area contributed by atoms with Gasteiger partial charge in [0.15, 0.2) is 0 Å². The van der Waals surface area contributed by atoms with Crippen molar-refractivity contribution < 1.29 is 25.8 Å². The number of benzene rings is 9. The molecule has 392 valence electrons. The van der Waals surface area contributed by atoms with Crippen LogP contribution in [-0.4, -0.2) is 14.1 Å². The van der Waals surface area contributed by atoms with Crippen LogP contribution in [0.1, 0.15) is 68.2 Å². The van der Waals surface area contributed by atoms with Gasteiger partial charge in [0.1, 0.15) is 5.82 Å². The Kier molecular flexibility index (Phi) is 10.7. The first kappa shape index (κ1) is 47.8. The number of pyridine rings is 1. The van der Waals surface area contributed by atoms with Gasteiger partial charge >= 0.3 is 0 Å². The Morgan fingerprint density at radius 1 is 0.487 bits per heavy atom. The summed E-state index contributed by atoms with van der Waals surface area (Å²) < 4.78 is 11.6. The number of aromatic nitrogens is 3. The summed E-state index contributed by atoms with van der Waals surface area (Å²) in [6.07, 6.45) is 8.60. The van der Waals surface area contributed by atoms with Crippen molar-refractivity contribution in [3.05, 3.63) is 254 Å². The first-order valence-corrected chi connectivity index (χ1v) is 28.4. The molecule has 12 aromatic rings. The molecule has 0 unspecified atom stereocenters. The fraction of sp³-hybridized carbons (Fsp3) is 0.178. The van der Waals surface area contributed by atoms with Gasteiger partial charge < -0.3 is 23.7 Å². The molecule has 5 aliphatic carbocycles. The first-order valence-electron chi connectivity index (χ1n) is 28.4. The summed E-state index contributed by atoms with van der Waals surface area (Å²) in [7, 11) is 0. The third kappa shape index (κ3) is 6.91. The van der Waals surface area contributed by atoms with Crippen LogP contribution in [0.2, 0.25) is 0 Å².